The van der Waals surface area contributed by atoms with Gasteiger partial charge in [0.1, 0.15) is 0 Å². The summed E-state index contributed by atoms with van der Waals surface area (Å²) < 4.78 is 15.9. The average molecular weight is 238 g/mol. The Bertz CT molecular complexity index is 274. The molecule has 1 rings (SSSR count). The molecule has 1 unspecified atom stereocenters. The molecule has 17 heavy (non-hydrogen) atoms. The van der Waals surface area contributed by atoms with Crippen LogP contribution in [0.25, 0.3) is 0 Å². The van der Waals surface area contributed by atoms with Crippen molar-refractivity contribution in [2.45, 2.75) is 13.0 Å². The van der Waals surface area contributed by atoms with Gasteiger partial charge in [0.05, 0.1) is 19.8 Å². The van der Waals surface area contributed by atoms with Crippen LogP contribution in [0, 0.1) is 5.92 Å². The van der Waals surface area contributed by atoms with E-state index < -0.39 is 0 Å². The molecule has 0 aliphatic heterocycles. The maximum absolute atomic E-state index is 5.70. The van der Waals surface area contributed by atoms with E-state index >= 15 is 0 Å². The Kier molecular flexibility index (Phi) is 7.63. The van der Waals surface area contributed by atoms with Crippen molar-refractivity contribution in [3.8, 4) is 0 Å². The van der Waals surface area contributed by atoms with E-state index in [-0.39, 0.29) is 0 Å². The van der Waals surface area contributed by atoms with Crippen molar-refractivity contribution >= 4 is 0 Å². The van der Waals surface area contributed by atoms with Crippen LogP contribution in [0.15, 0.2) is 30.3 Å². The predicted molar refractivity (Wildman–Crippen MR) is 68.0 cm³/mol. The molecule has 0 saturated heterocycles. The molecule has 0 aromatic heterocycles. The Balaban J connectivity index is 2.22. The quantitative estimate of drug-likeness (QED) is 0.661. The molecule has 0 spiro atoms. The van der Waals surface area contributed by atoms with Gasteiger partial charge < -0.3 is 14.2 Å². The molecule has 0 aliphatic rings. The molecule has 0 fully saturated rings. The first-order chi connectivity index (χ1) is 8.36. The summed E-state index contributed by atoms with van der Waals surface area (Å²) in [5.41, 5.74) is 1.20. The first kappa shape index (κ1) is 14.2. The zero-order valence-electron chi connectivity index (χ0n) is 10.7. The fourth-order valence-corrected chi connectivity index (χ4v) is 1.65. The van der Waals surface area contributed by atoms with Crippen LogP contribution in [0.1, 0.15) is 12.0 Å². The van der Waals surface area contributed by atoms with Crippen LogP contribution in [0.5, 0.6) is 0 Å². The van der Waals surface area contributed by atoms with Gasteiger partial charge >= 0.3 is 0 Å². The highest BCUT2D eigenvalue weighted by Gasteiger charge is 2.08. The lowest BCUT2D eigenvalue weighted by Gasteiger charge is -2.15. The Morgan fingerprint density at radius 1 is 1.00 bits per heavy atom. The molecule has 3 nitrogen and oxygen atoms in total. The fraction of sp³-hybridized carbons (Fsp3) is 0.571. The highest BCUT2D eigenvalue weighted by Crippen LogP contribution is 2.07. The van der Waals surface area contributed by atoms with Gasteiger partial charge in [0.25, 0.3) is 0 Å². The van der Waals surface area contributed by atoms with Crippen molar-refractivity contribution in [2.24, 2.45) is 5.92 Å². The van der Waals surface area contributed by atoms with E-state index in [1.54, 1.807) is 14.2 Å². The summed E-state index contributed by atoms with van der Waals surface area (Å²) in [4.78, 5) is 0. The number of ether oxygens (including phenoxy) is 3. The molecule has 3 heteroatoms. The van der Waals surface area contributed by atoms with Gasteiger partial charge in [-0.15, -0.1) is 0 Å². The summed E-state index contributed by atoms with van der Waals surface area (Å²) in [7, 11) is 3.44. The van der Waals surface area contributed by atoms with Crippen molar-refractivity contribution in [1.82, 2.24) is 0 Å². The largest absolute Gasteiger partial charge is 0.385 e. The van der Waals surface area contributed by atoms with Crippen LogP contribution in [0.2, 0.25) is 0 Å². The second kappa shape index (κ2) is 9.16. The smallest absolute Gasteiger partial charge is 0.0717 e. The van der Waals surface area contributed by atoms with Crippen LogP contribution >= 0.6 is 0 Å². The summed E-state index contributed by atoms with van der Waals surface area (Å²) in [5.74, 6) is 0.406. The molecule has 1 aromatic rings. The number of methoxy groups -OCH3 is 2. The van der Waals surface area contributed by atoms with E-state index in [4.69, 9.17) is 14.2 Å². The molecule has 0 N–H and O–H groups in total. The molecule has 0 radical (unpaired) electrons. The van der Waals surface area contributed by atoms with Crippen LogP contribution in [0.3, 0.4) is 0 Å². The van der Waals surface area contributed by atoms with Crippen LogP contribution in [-0.2, 0) is 20.8 Å². The number of hydrogen-bond acceptors (Lipinski definition) is 3. The summed E-state index contributed by atoms with van der Waals surface area (Å²) in [6.07, 6.45) is 0.971. The van der Waals surface area contributed by atoms with Gasteiger partial charge in [-0.05, 0) is 12.0 Å². The standard InChI is InChI=1S/C14H22O3/c1-15-9-8-14(10-16-2)12-17-11-13-6-4-3-5-7-13/h3-7,14H,8-12H2,1-2H3. The Labute approximate surface area is 104 Å². The van der Waals surface area contributed by atoms with E-state index in [0.29, 0.717) is 19.1 Å². The van der Waals surface area contributed by atoms with Gasteiger partial charge in [-0.25, -0.2) is 0 Å². The third-order valence-corrected chi connectivity index (χ3v) is 2.60. The average Bonchev–Trinajstić information content (AvgIpc) is 2.37. The van der Waals surface area contributed by atoms with E-state index in [9.17, 15) is 0 Å². The second-order valence-corrected chi connectivity index (χ2v) is 4.10. The first-order valence-electron chi connectivity index (χ1n) is 5.96. The van der Waals surface area contributed by atoms with E-state index in [0.717, 1.165) is 19.6 Å². The second-order valence-electron chi connectivity index (χ2n) is 4.10. The molecule has 96 valence electrons. The molecule has 0 aliphatic carbocycles. The highest BCUT2D eigenvalue weighted by molar-refractivity contribution is 5.13. The molecule has 1 aromatic carbocycles. The Morgan fingerprint density at radius 2 is 1.76 bits per heavy atom. The Morgan fingerprint density at radius 3 is 2.41 bits per heavy atom. The minimum Gasteiger partial charge on any atom is -0.385 e. The highest BCUT2D eigenvalue weighted by atomic mass is 16.5. The minimum absolute atomic E-state index is 0.406. The molecular weight excluding hydrogens is 216 g/mol. The van der Waals surface area contributed by atoms with Crippen LogP contribution in [0.4, 0.5) is 0 Å². The van der Waals surface area contributed by atoms with Gasteiger partial charge in [-0.2, -0.15) is 0 Å². The zero-order valence-corrected chi connectivity index (χ0v) is 10.7. The van der Waals surface area contributed by atoms with E-state index in [1.807, 2.05) is 18.2 Å². The predicted octanol–water partition coefficient (Wildman–Crippen LogP) is 2.50. The molecule has 0 saturated carbocycles. The van der Waals surface area contributed by atoms with Gasteiger partial charge in [-0.3, -0.25) is 0 Å². The fourth-order valence-electron chi connectivity index (χ4n) is 1.65. The normalized spacial score (nSPS) is 12.6. The maximum atomic E-state index is 5.70. The lowest BCUT2D eigenvalue weighted by molar-refractivity contribution is 0.0349. The van der Waals surface area contributed by atoms with Crippen molar-refractivity contribution in [3.63, 3.8) is 0 Å². The molecule has 0 heterocycles. The number of benzene rings is 1. The van der Waals surface area contributed by atoms with Gasteiger partial charge in [0, 0.05) is 26.7 Å². The third kappa shape index (κ3) is 6.41. The maximum Gasteiger partial charge on any atom is 0.0717 e. The van der Waals surface area contributed by atoms with Crippen molar-refractivity contribution in [2.75, 3.05) is 34.0 Å². The topological polar surface area (TPSA) is 27.7 Å². The van der Waals surface area contributed by atoms with Gasteiger partial charge in [-0.1, -0.05) is 30.3 Å². The van der Waals surface area contributed by atoms with Crippen molar-refractivity contribution < 1.29 is 14.2 Å². The lowest BCUT2D eigenvalue weighted by Crippen LogP contribution is -2.17. The summed E-state index contributed by atoms with van der Waals surface area (Å²) in [6.45, 7) is 2.85. The zero-order chi connectivity index (χ0) is 12.3. The Hall–Kier alpha value is -0.900. The van der Waals surface area contributed by atoms with Crippen molar-refractivity contribution in [3.05, 3.63) is 35.9 Å². The van der Waals surface area contributed by atoms with Crippen LogP contribution in [-0.4, -0.2) is 34.0 Å². The minimum atomic E-state index is 0.406. The van der Waals surface area contributed by atoms with E-state index in [1.165, 1.54) is 5.56 Å². The van der Waals surface area contributed by atoms with Crippen molar-refractivity contribution in [1.29, 1.82) is 0 Å². The van der Waals surface area contributed by atoms with Gasteiger partial charge in [0.15, 0.2) is 0 Å². The van der Waals surface area contributed by atoms with Gasteiger partial charge in [0.2, 0.25) is 0 Å². The number of rotatable bonds is 9. The summed E-state index contributed by atoms with van der Waals surface area (Å²) in [5, 5.41) is 0. The summed E-state index contributed by atoms with van der Waals surface area (Å²) in [6, 6.07) is 10.2. The number of hydrogen-bond donors (Lipinski definition) is 0. The molecular formula is C14H22O3. The third-order valence-electron chi connectivity index (χ3n) is 2.60. The molecule has 0 amide bonds. The SMILES string of the molecule is COCCC(COC)COCc1ccccc1. The molecule has 1 atom stereocenters. The summed E-state index contributed by atoms with van der Waals surface area (Å²) >= 11 is 0. The molecule has 0 bridgehead atoms. The monoisotopic (exact) mass is 238 g/mol. The van der Waals surface area contributed by atoms with Crippen LogP contribution < -0.4 is 0 Å². The first-order valence-corrected chi connectivity index (χ1v) is 5.96. The lowest BCUT2D eigenvalue weighted by atomic mass is 10.1. The van der Waals surface area contributed by atoms with E-state index in [2.05, 4.69) is 12.1 Å².